The van der Waals surface area contributed by atoms with Crippen LogP contribution in [0.25, 0.3) is 0 Å². The minimum absolute atomic E-state index is 0.00125. The number of anilines is 1. The third-order valence-electron chi connectivity index (χ3n) is 2.53. The van der Waals surface area contributed by atoms with Crippen LogP contribution in [0.5, 0.6) is 0 Å². The molecule has 0 saturated heterocycles. The summed E-state index contributed by atoms with van der Waals surface area (Å²) in [6.07, 6.45) is 1.94. The summed E-state index contributed by atoms with van der Waals surface area (Å²) in [5.74, 6) is -0.515. The van der Waals surface area contributed by atoms with Crippen molar-refractivity contribution in [3.63, 3.8) is 0 Å². The molecule has 21 heavy (non-hydrogen) atoms. The zero-order valence-electron chi connectivity index (χ0n) is 10.6. The van der Waals surface area contributed by atoms with Gasteiger partial charge in [0.25, 0.3) is 5.91 Å². The van der Waals surface area contributed by atoms with Gasteiger partial charge in [-0.2, -0.15) is 0 Å². The van der Waals surface area contributed by atoms with Gasteiger partial charge in [0.15, 0.2) is 0 Å². The van der Waals surface area contributed by atoms with Gasteiger partial charge >= 0.3 is 0 Å². The van der Waals surface area contributed by atoms with Crippen molar-refractivity contribution in [3.05, 3.63) is 50.2 Å². The Bertz CT molecular complexity index is 709. The summed E-state index contributed by atoms with van der Waals surface area (Å²) >= 11 is 25.1. The molecule has 1 aromatic heterocycles. The summed E-state index contributed by atoms with van der Waals surface area (Å²) in [4.78, 5) is 17.1. The van der Waals surface area contributed by atoms with Crippen molar-refractivity contribution in [1.82, 2.24) is 4.98 Å². The first-order valence-electron chi connectivity index (χ1n) is 5.59. The molecule has 0 spiro atoms. The van der Waals surface area contributed by atoms with Crippen LogP contribution in [-0.4, -0.2) is 17.1 Å². The van der Waals surface area contributed by atoms with Crippen LogP contribution >= 0.6 is 58.2 Å². The third-order valence-corrected chi connectivity index (χ3v) is 4.93. The van der Waals surface area contributed by atoms with Gasteiger partial charge in [0, 0.05) is 10.6 Å². The number of nitrogens with zero attached hydrogens (tertiary/aromatic N) is 1. The number of pyridine rings is 1. The van der Waals surface area contributed by atoms with E-state index >= 15 is 0 Å². The molecule has 0 aliphatic rings. The standard InChI is InChI=1S/C13H8Cl4N2OS/c1-21-7-4-2-3-6(5-7)18-13(20)11-9(15)8(14)10(16)12(17)19-11/h2-5H,1H3,(H,18,20). The first-order chi connectivity index (χ1) is 9.93. The Morgan fingerprint density at radius 3 is 2.52 bits per heavy atom. The van der Waals surface area contributed by atoms with E-state index in [1.54, 1.807) is 17.8 Å². The van der Waals surface area contributed by atoms with Crippen LogP contribution in [0.3, 0.4) is 0 Å². The monoisotopic (exact) mass is 380 g/mol. The SMILES string of the molecule is CSc1cccc(NC(=O)c2nc(Cl)c(Cl)c(Cl)c2Cl)c1. The highest BCUT2D eigenvalue weighted by atomic mass is 35.5. The van der Waals surface area contributed by atoms with E-state index < -0.39 is 5.91 Å². The van der Waals surface area contributed by atoms with Gasteiger partial charge < -0.3 is 5.32 Å². The van der Waals surface area contributed by atoms with Gasteiger partial charge in [0.05, 0.1) is 15.1 Å². The van der Waals surface area contributed by atoms with E-state index in [0.717, 1.165) is 4.90 Å². The summed E-state index contributed by atoms with van der Waals surface area (Å²) in [5, 5.41) is 2.59. The highest BCUT2D eigenvalue weighted by Gasteiger charge is 2.20. The van der Waals surface area contributed by atoms with Gasteiger partial charge in [-0.1, -0.05) is 52.5 Å². The molecule has 0 fully saturated rings. The van der Waals surface area contributed by atoms with Crippen molar-refractivity contribution in [2.75, 3.05) is 11.6 Å². The summed E-state index contributed by atoms with van der Waals surface area (Å²) in [6, 6.07) is 7.35. The normalized spacial score (nSPS) is 10.5. The molecule has 8 heteroatoms. The van der Waals surface area contributed by atoms with Crippen molar-refractivity contribution in [2.24, 2.45) is 0 Å². The Morgan fingerprint density at radius 1 is 1.14 bits per heavy atom. The maximum absolute atomic E-state index is 12.2. The summed E-state index contributed by atoms with van der Waals surface area (Å²) in [5.41, 5.74) is 0.539. The molecule has 1 heterocycles. The molecule has 1 N–H and O–H groups in total. The van der Waals surface area contributed by atoms with Crippen LogP contribution < -0.4 is 5.32 Å². The molecule has 2 aromatic rings. The van der Waals surface area contributed by atoms with Crippen LogP contribution in [0.1, 0.15) is 10.5 Å². The molecule has 1 aromatic carbocycles. The predicted octanol–water partition coefficient (Wildman–Crippen LogP) is 5.67. The first-order valence-corrected chi connectivity index (χ1v) is 8.33. The lowest BCUT2D eigenvalue weighted by Gasteiger charge is -2.09. The van der Waals surface area contributed by atoms with Gasteiger partial charge in [-0.15, -0.1) is 11.8 Å². The second kappa shape index (κ2) is 7.07. The number of benzene rings is 1. The Morgan fingerprint density at radius 2 is 1.86 bits per heavy atom. The van der Waals surface area contributed by atoms with Gasteiger partial charge in [-0.25, -0.2) is 4.98 Å². The zero-order valence-corrected chi connectivity index (χ0v) is 14.4. The van der Waals surface area contributed by atoms with Crippen LogP contribution in [0, 0.1) is 0 Å². The molecule has 1 amide bonds. The molecule has 0 radical (unpaired) electrons. The second-order valence-electron chi connectivity index (χ2n) is 3.88. The molecular weight excluding hydrogens is 374 g/mol. The smallest absolute Gasteiger partial charge is 0.275 e. The van der Waals surface area contributed by atoms with E-state index in [9.17, 15) is 4.79 Å². The topological polar surface area (TPSA) is 42.0 Å². The lowest BCUT2D eigenvalue weighted by atomic mass is 10.3. The number of thioether (sulfide) groups is 1. The molecule has 2 rings (SSSR count). The number of rotatable bonds is 3. The van der Waals surface area contributed by atoms with Crippen LogP contribution in [-0.2, 0) is 0 Å². The summed E-state index contributed by atoms with van der Waals surface area (Å²) < 4.78 is 0. The minimum Gasteiger partial charge on any atom is -0.321 e. The molecule has 0 aliphatic carbocycles. The first kappa shape index (κ1) is 16.7. The Hall–Kier alpha value is -0.650. The van der Waals surface area contributed by atoms with Crippen molar-refractivity contribution < 1.29 is 4.79 Å². The van der Waals surface area contributed by atoms with E-state index in [1.165, 1.54) is 0 Å². The third kappa shape index (κ3) is 3.76. The Labute approximate surface area is 145 Å². The minimum atomic E-state index is -0.515. The molecule has 0 unspecified atom stereocenters. The quantitative estimate of drug-likeness (QED) is 0.550. The van der Waals surface area contributed by atoms with Gasteiger partial charge in [-0.3, -0.25) is 4.79 Å². The molecule has 0 aliphatic heterocycles. The van der Waals surface area contributed by atoms with Crippen molar-refractivity contribution >= 4 is 69.8 Å². The average molecular weight is 382 g/mol. The zero-order chi connectivity index (χ0) is 15.6. The van der Waals surface area contributed by atoms with Gasteiger partial charge in [0.1, 0.15) is 10.8 Å². The lowest BCUT2D eigenvalue weighted by molar-refractivity contribution is 0.102. The number of amides is 1. The van der Waals surface area contributed by atoms with E-state index in [4.69, 9.17) is 46.4 Å². The largest absolute Gasteiger partial charge is 0.321 e. The fourth-order valence-electron chi connectivity index (χ4n) is 1.53. The maximum atomic E-state index is 12.2. The van der Waals surface area contributed by atoms with E-state index in [-0.39, 0.29) is 25.9 Å². The number of nitrogens with one attached hydrogen (secondary N) is 1. The van der Waals surface area contributed by atoms with Gasteiger partial charge in [-0.05, 0) is 24.5 Å². The predicted molar refractivity (Wildman–Crippen MR) is 90.5 cm³/mol. The fraction of sp³-hybridized carbons (Fsp3) is 0.0769. The molecule has 0 atom stereocenters. The van der Waals surface area contributed by atoms with Crippen molar-refractivity contribution in [2.45, 2.75) is 4.90 Å². The average Bonchev–Trinajstić information content (AvgIpc) is 2.48. The van der Waals surface area contributed by atoms with E-state index in [2.05, 4.69) is 10.3 Å². The Balaban J connectivity index is 2.32. The van der Waals surface area contributed by atoms with E-state index in [0.29, 0.717) is 5.69 Å². The van der Waals surface area contributed by atoms with Crippen molar-refractivity contribution in [1.29, 1.82) is 0 Å². The molecule has 0 bridgehead atoms. The molecule has 110 valence electrons. The fourth-order valence-corrected chi connectivity index (χ4v) is 2.80. The number of hydrogen-bond donors (Lipinski definition) is 1. The van der Waals surface area contributed by atoms with E-state index in [1.807, 2.05) is 24.5 Å². The number of carbonyl (C=O) groups excluding carboxylic acids is 1. The molecular formula is C13H8Cl4N2OS. The number of halogens is 4. The van der Waals surface area contributed by atoms with Crippen LogP contribution in [0.4, 0.5) is 5.69 Å². The maximum Gasteiger partial charge on any atom is 0.275 e. The summed E-state index contributed by atoms with van der Waals surface area (Å²) in [6.45, 7) is 0. The second-order valence-corrected chi connectivity index (χ2v) is 6.25. The summed E-state index contributed by atoms with van der Waals surface area (Å²) in [7, 11) is 0. The Kier molecular flexibility index (Phi) is 5.63. The van der Waals surface area contributed by atoms with Gasteiger partial charge in [0.2, 0.25) is 0 Å². The van der Waals surface area contributed by atoms with Crippen molar-refractivity contribution in [3.8, 4) is 0 Å². The molecule has 0 saturated carbocycles. The highest BCUT2D eigenvalue weighted by molar-refractivity contribution is 7.98. The highest BCUT2D eigenvalue weighted by Crippen LogP contribution is 2.36. The van der Waals surface area contributed by atoms with Crippen LogP contribution in [0.2, 0.25) is 20.2 Å². The van der Waals surface area contributed by atoms with Crippen LogP contribution in [0.15, 0.2) is 29.2 Å². The number of hydrogen-bond acceptors (Lipinski definition) is 3. The number of carbonyl (C=O) groups is 1. The molecule has 3 nitrogen and oxygen atoms in total. The number of aromatic nitrogens is 1. The lowest BCUT2D eigenvalue weighted by Crippen LogP contribution is -2.15.